The fourth-order valence-electron chi connectivity index (χ4n) is 3.01. The van der Waals surface area contributed by atoms with Crippen molar-refractivity contribution in [3.8, 4) is 0 Å². The second-order valence-corrected chi connectivity index (χ2v) is 5.54. The molecule has 0 radical (unpaired) electrons. The number of nitrogens with zero attached hydrogens (tertiary/aromatic N) is 1. The lowest BCUT2D eigenvalue weighted by molar-refractivity contribution is -0.133. The molecule has 22 heavy (non-hydrogen) atoms. The number of carbonyl (C=O) groups is 1. The van der Waals surface area contributed by atoms with Gasteiger partial charge in [0.1, 0.15) is 0 Å². The van der Waals surface area contributed by atoms with Crippen molar-refractivity contribution < 1.29 is 18.7 Å². The molecule has 1 heterocycles. The van der Waals surface area contributed by atoms with Crippen molar-refractivity contribution >= 4 is 5.91 Å². The maximum atomic E-state index is 14.0. The number of carbonyl (C=O) groups excluding carboxylic acids is 1. The lowest BCUT2D eigenvalue weighted by Crippen LogP contribution is -2.46. The summed E-state index contributed by atoms with van der Waals surface area (Å²) in [5, 5.41) is 12.3. The van der Waals surface area contributed by atoms with Crippen LogP contribution in [0.15, 0.2) is 18.2 Å². The first kappa shape index (κ1) is 16.8. The van der Waals surface area contributed by atoms with Crippen LogP contribution in [0.5, 0.6) is 0 Å². The van der Waals surface area contributed by atoms with Crippen molar-refractivity contribution in [2.75, 3.05) is 26.2 Å². The van der Waals surface area contributed by atoms with Gasteiger partial charge in [-0.25, -0.2) is 8.78 Å². The number of rotatable bonds is 5. The van der Waals surface area contributed by atoms with Gasteiger partial charge in [0.25, 0.3) is 0 Å². The largest absolute Gasteiger partial charge is 0.395 e. The SMILES string of the molecule is CCN[C@@H]1CC[C@@H](c2cccc(F)c2F)CN(CCO)C1=O. The van der Waals surface area contributed by atoms with E-state index in [1.165, 1.54) is 11.0 Å². The van der Waals surface area contributed by atoms with Crippen LogP contribution in [0.3, 0.4) is 0 Å². The molecule has 1 aromatic carbocycles. The van der Waals surface area contributed by atoms with Crippen LogP contribution in [0, 0.1) is 11.6 Å². The second kappa shape index (κ2) is 7.65. The van der Waals surface area contributed by atoms with Crippen LogP contribution in [0.25, 0.3) is 0 Å². The summed E-state index contributed by atoms with van der Waals surface area (Å²) in [6, 6.07) is 3.81. The number of aliphatic hydroxyl groups excluding tert-OH is 1. The molecule has 122 valence electrons. The highest BCUT2D eigenvalue weighted by Crippen LogP contribution is 2.29. The summed E-state index contributed by atoms with van der Waals surface area (Å²) < 4.78 is 27.5. The molecule has 6 heteroatoms. The third-order valence-electron chi connectivity index (χ3n) is 4.10. The minimum absolute atomic E-state index is 0.0878. The fourth-order valence-corrected chi connectivity index (χ4v) is 3.01. The molecule has 0 saturated carbocycles. The molecule has 0 unspecified atom stereocenters. The third kappa shape index (κ3) is 3.62. The van der Waals surface area contributed by atoms with Crippen molar-refractivity contribution in [1.29, 1.82) is 0 Å². The molecule has 0 aliphatic carbocycles. The Morgan fingerprint density at radius 3 is 2.82 bits per heavy atom. The first-order valence-electron chi connectivity index (χ1n) is 7.65. The monoisotopic (exact) mass is 312 g/mol. The summed E-state index contributed by atoms with van der Waals surface area (Å²) in [7, 11) is 0. The number of hydrogen-bond donors (Lipinski definition) is 2. The minimum Gasteiger partial charge on any atom is -0.395 e. The zero-order valence-corrected chi connectivity index (χ0v) is 12.7. The smallest absolute Gasteiger partial charge is 0.239 e. The van der Waals surface area contributed by atoms with Gasteiger partial charge in [-0.2, -0.15) is 0 Å². The fraction of sp³-hybridized carbons (Fsp3) is 0.562. The molecule has 0 spiro atoms. The molecule has 1 aliphatic heterocycles. The van der Waals surface area contributed by atoms with Gasteiger partial charge < -0.3 is 15.3 Å². The van der Waals surface area contributed by atoms with E-state index in [0.29, 0.717) is 31.5 Å². The van der Waals surface area contributed by atoms with Gasteiger partial charge in [0.15, 0.2) is 11.6 Å². The standard InChI is InChI=1S/C16H22F2N2O2/c1-2-19-14-7-6-11(10-20(8-9-21)16(14)22)12-4-3-5-13(17)15(12)18/h3-5,11,14,19,21H,2,6-10H2,1H3/t11-,14-/m1/s1. The molecule has 0 bridgehead atoms. The van der Waals surface area contributed by atoms with Crippen LogP contribution in [0.1, 0.15) is 31.2 Å². The number of likely N-dealkylation sites (tertiary alicyclic amines) is 1. The Bertz CT molecular complexity index is 525. The molecule has 1 amide bonds. The van der Waals surface area contributed by atoms with Crippen LogP contribution in [-0.4, -0.2) is 48.2 Å². The van der Waals surface area contributed by atoms with Crippen molar-refractivity contribution in [3.63, 3.8) is 0 Å². The van der Waals surface area contributed by atoms with Crippen molar-refractivity contribution in [1.82, 2.24) is 10.2 Å². The van der Waals surface area contributed by atoms with Gasteiger partial charge in [0.05, 0.1) is 12.6 Å². The molecule has 2 N–H and O–H groups in total. The first-order valence-corrected chi connectivity index (χ1v) is 7.65. The zero-order valence-electron chi connectivity index (χ0n) is 12.7. The molecular formula is C16H22F2N2O2. The van der Waals surface area contributed by atoms with E-state index in [-0.39, 0.29) is 31.0 Å². The Balaban J connectivity index is 2.26. The van der Waals surface area contributed by atoms with E-state index >= 15 is 0 Å². The summed E-state index contributed by atoms with van der Waals surface area (Å²) in [5.41, 5.74) is 0.299. The molecular weight excluding hydrogens is 290 g/mol. The highest BCUT2D eigenvalue weighted by Gasteiger charge is 2.32. The third-order valence-corrected chi connectivity index (χ3v) is 4.10. The number of aliphatic hydroxyl groups is 1. The maximum Gasteiger partial charge on any atom is 0.239 e. The van der Waals surface area contributed by atoms with Gasteiger partial charge >= 0.3 is 0 Å². The lowest BCUT2D eigenvalue weighted by atomic mass is 9.93. The van der Waals surface area contributed by atoms with E-state index in [0.717, 1.165) is 6.07 Å². The number of likely N-dealkylation sites (N-methyl/N-ethyl adjacent to an activating group) is 1. The Morgan fingerprint density at radius 1 is 1.36 bits per heavy atom. The zero-order chi connectivity index (χ0) is 16.1. The predicted octanol–water partition coefficient (Wildman–Crippen LogP) is 1.64. The van der Waals surface area contributed by atoms with Gasteiger partial charge in [-0.15, -0.1) is 0 Å². The number of hydrogen-bond acceptors (Lipinski definition) is 3. The van der Waals surface area contributed by atoms with Gasteiger partial charge in [0, 0.05) is 19.0 Å². The van der Waals surface area contributed by atoms with Crippen molar-refractivity contribution in [2.24, 2.45) is 0 Å². The van der Waals surface area contributed by atoms with Crippen LogP contribution >= 0.6 is 0 Å². The Morgan fingerprint density at radius 2 is 2.14 bits per heavy atom. The molecule has 0 aromatic heterocycles. The predicted molar refractivity (Wildman–Crippen MR) is 79.5 cm³/mol. The van der Waals surface area contributed by atoms with Crippen molar-refractivity contribution in [3.05, 3.63) is 35.4 Å². The van der Waals surface area contributed by atoms with Crippen LogP contribution in [-0.2, 0) is 4.79 Å². The summed E-state index contributed by atoms with van der Waals surface area (Å²) in [6.07, 6.45) is 1.15. The maximum absolute atomic E-state index is 14.0. The average molecular weight is 312 g/mol. The molecule has 4 nitrogen and oxygen atoms in total. The Hall–Kier alpha value is -1.53. The van der Waals surface area contributed by atoms with Gasteiger partial charge in [-0.05, 0) is 31.0 Å². The molecule has 2 atom stereocenters. The Kier molecular flexibility index (Phi) is 5.85. The topological polar surface area (TPSA) is 52.6 Å². The average Bonchev–Trinajstić information content (AvgIpc) is 2.65. The van der Waals surface area contributed by atoms with Crippen molar-refractivity contribution in [2.45, 2.75) is 31.7 Å². The summed E-state index contributed by atoms with van der Waals surface area (Å²) in [6.45, 7) is 2.92. The van der Waals surface area contributed by atoms with Gasteiger partial charge in [0.2, 0.25) is 5.91 Å². The van der Waals surface area contributed by atoms with E-state index in [9.17, 15) is 13.6 Å². The van der Waals surface area contributed by atoms with Crippen LogP contribution < -0.4 is 5.32 Å². The number of halogens is 2. The molecule has 1 aromatic rings. The van der Waals surface area contributed by atoms with E-state index in [1.54, 1.807) is 6.07 Å². The first-order chi connectivity index (χ1) is 10.6. The van der Waals surface area contributed by atoms with E-state index in [1.807, 2.05) is 6.92 Å². The summed E-state index contributed by atoms with van der Waals surface area (Å²) >= 11 is 0. The van der Waals surface area contributed by atoms with E-state index in [2.05, 4.69) is 5.32 Å². The highest BCUT2D eigenvalue weighted by molar-refractivity contribution is 5.82. The van der Waals surface area contributed by atoms with E-state index < -0.39 is 11.6 Å². The number of benzene rings is 1. The highest BCUT2D eigenvalue weighted by atomic mass is 19.2. The quantitative estimate of drug-likeness (QED) is 0.869. The molecule has 1 fully saturated rings. The van der Waals surface area contributed by atoms with Gasteiger partial charge in [-0.3, -0.25) is 4.79 Å². The lowest BCUT2D eigenvalue weighted by Gasteiger charge is -2.26. The molecule has 1 saturated heterocycles. The number of amides is 1. The normalized spacial score (nSPS) is 22.7. The minimum atomic E-state index is -0.870. The summed E-state index contributed by atoms with van der Waals surface area (Å²) in [5.74, 6) is -2.07. The van der Waals surface area contributed by atoms with E-state index in [4.69, 9.17) is 5.11 Å². The van der Waals surface area contributed by atoms with Crippen LogP contribution in [0.2, 0.25) is 0 Å². The Labute approximate surface area is 129 Å². The molecule has 2 rings (SSSR count). The summed E-state index contributed by atoms with van der Waals surface area (Å²) in [4.78, 5) is 14.0. The number of β-amino-alcohol motifs (C(OH)–C–C–N with tert-alkyl or cyclic N) is 1. The number of nitrogens with one attached hydrogen (secondary N) is 1. The van der Waals surface area contributed by atoms with Gasteiger partial charge in [-0.1, -0.05) is 19.1 Å². The van der Waals surface area contributed by atoms with Crippen LogP contribution in [0.4, 0.5) is 8.78 Å². The molecule has 1 aliphatic rings. The second-order valence-electron chi connectivity index (χ2n) is 5.54.